The highest BCUT2D eigenvalue weighted by molar-refractivity contribution is 7.86. The molecule has 21 nitrogen and oxygen atoms in total. The van der Waals surface area contributed by atoms with Crippen LogP contribution in [0.1, 0.15) is 13.8 Å². The number of nitrogens with zero attached hydrogens (tertiary/aromatic N) is 6. The number of allylic oxidation sites excluding steroid dienone is 1. The maximum Gasteiger partial charge on any atom is 0.296 e. The first-order valence-corrected chi connectivity index (χ1v) is 19.0. The molecule has 0 bridgehead atoms. The third kappa shape index (κ3) is 9.08. The van der Waals surface area contributed by atoms with Gasteiger partial charge in [0.2, 0.25) is 0 Å². The summed E-state index contributed by atoms with van der Waals surface area (Å²) in [5.74, 6) is -3.78. The molecule has 0 heterocycles. The Bertz CT molecular complexity index is 2760. The van der Waals surface area contributed by atoms with Crippen LogP contribution in [0.2, 0.25) is 0 Å². The van der Waals surface area contributed by atoms with Crippen LogP contribution in [0.15, 0.2) is 123 Å². The summed E-state index contributed by atoms with van der Waals surface area (Å²) in [4.78, 5) is 20.4. The van der Waals surface area contributed by atoms with Crippen LogP contribution in [-0.2, 0) is 39.9 Å². The van der Waals surface area contributed by atoms with E-state index in [1.165, 1.54) is 26.2 Å². The minimum Gasteiger partial charge on any atom is -0.506 e. The van der Waals surface area contributed by atoms with Crippen molar-refractivity contribution in [3.8, 4) is 17.2 Å². The molecule has 7 N–H and O–H groups in total. The van der Waals surface area contributed by atoms with E-state index in [0.29, 0.717) is 18.2 Å². The van der Waals surface area contributed by atoms with Crippen molar-refractivity contribution >= 4 is 81.3 Å². The average Bonchev–Trinajstić information content (AvgIpc) is 3.07. The van der Waals surface area contributed by atoms with E-state index < -0.39 is 107 Å². The summed E-state index contributed by atoms with van der Waals surface area (Å²) < 4.78 is 109. The third-order valence-corrected chi connectivity index (χ3v) is 10.00. The Labute approximate surface area is 311 Å². The molecule has 1 amide bonds. The fraction of sp³-hybridized carbons (Fsp3) is 0.0968. The predicted octanol–water partition coefficient (Wildman–Crippen LogP) is 5.82. The van der Waals surface area contributed by atoms with Crippen LogP contribution in [0.25, 0.3) is 10.8 Å². The molecule has 0 aromatic heterocycles. The number of methoxy groups -OCH3 is 1. The Balaban J connectivity index is 1.99. The average molecular weight is 818 g/mol. The second-order valence-electron chi connectivity index (χ2n) is 11.0. The molecule has 0 saturated carbocycles. The molecule has 4 aromatic rings. The molecule has 4 rings (SSSR count). The van der Waals surface area contributed by atoms with Gasteiger partial charge in [-0.15, -0.1) is 25.6 Å². The van der Waals surface area contributed by atoms with Crippen molar-refractivity contribution in [2.24, 2.45) is 36.4 Å². The van der Waals surface area contributed by atoms with E-state index in [1.54, 1.807) is 12.1 Å². The number of fused-ring (bicyclic) bond motifs is 1. The largest absolute Gasteiger partial charge is 0.506 e. The summed E-state index contributed by atoms with van der Waals surface area (Å²) in [6.07, 6.45) is 0. The molecule has 4 aromatic carbocycles. The molecule has 0 atom stereocenters. The lowest BCUT2D eigenvalue weighted by Gasteiger charge is -2.13. The Kier molecular flexibility index (Phi) is 11.7. The number of carbonyl (C=O) groups excluding carboxylic acids is 2. The van der Waals surface area contributed by atoms with E-state index in [4.69, 9.17) is 10.5 Å². The molecule has 0 fully saturated rings. The number of primary amides is 1. The second kappa shape index (κ2) is 15.6. The summed E-state index contributed by atoms with van der Waals surface area (Å²) in [5, 5.41) is 43.1. The lowest BCUT2D eigenvalue weighted by Crippen LogP contribution is -2.20. The quantitative estimate of drug-likeness (QED) is 0.0231. The van der Waals surface area contributed by atoms with Crippen LogP contribution in [0.4, 0.5) is 28.4 Å². The van der Waals surface area contributed by atoms with Crippen LogP contribution in [-0.4, -0.2) is 67.9 Å². The number of carbonyl (C=O) groups is 2. The maximum absolute atomic E-state index is 12.5. The van der Waals surface area contributed by atoms with E-state index in [1.807, 2.05) is 0 Å². The Morgan fingerprint density at radius 1 is 0.709 bits per heavy atom. The summed E-state index contributed by atoms with van der Waals surface area (Å²) in [5.41, 5.74) is 1.45. The standard InChI is InChI=1S/C31H27N7O14S3/c1-14(27(16(3)39)31(32)42)15(2)33-35-19-9-10-24(53(43,44)45)17-11-26(55(49,50)51)29(30(41)28(17)19)38-36-20-13-25(54(46,47)48)21(12-22(20)40)37-34-18-7-5-6-8-23(18)52-4/h5-13,40-41H,2H2,1,3-4H3,(H2,32,42)(H,43,44,45)(H,46,47,48)(H,49,50,51)/b27-14+,35-33?,37-34?,38-36?. The van der Waals surface area contributed by atoms with Gasteiger partial charge >= 0.3 is 0 Å². The van der Waals surface area contributed by atoms with Gasteiger partial charge in [0.1, 0.15) is 48.9 Å². The number of phenols is 2. The van der Waals surface area contributed by atoms with Gasteiger partial charge in [0.05, 0.1) is 29.5 Å². The van der Waals surface area contributed by atoms with E-state index >= 15 is 0 Å². The molecule has 24 heteroatoms. The number of Topliss-reactive ketones (excluding diaryl/α,β-unsaturated/α-hetero) is 1. The van der Waals surface area contributed by atoms with Gasteiger partial charge in [0, 0.05) is 11.5 Å². The number of phenolic OH excluding ortho intramolecular Hbond substituents is 2. The van der Waals surface area contributed by atoms with Crippen LogP contribution in [0.3, 0.4) is 0 Å². The van der Waals surface area contributed by atoms with Crippen LogP contribution >= 0.6 is 0 Å². The summed E-state index contributed by atoms with van der Waals surface area (Å²) in [6, 6.07) is 9.47. The van der Waals surface area contributed by atoms with Crippen LogP contribution < -0.4 is 10.5 Å². The number of ether oxygens (including phenoxy) is 1. The van der Waals surface area contributed by atoms with Gasteiger partial charge in [-0.2, -0.15) is 30.4 Å². The predicted molar refractivity (Wildman–Crippen MR) is 191 cm³/mol. The number of nitrogens with two attached hydrogens (primary N) is 1. The maximum atomic E-state index is 12.5. The molecule has 55 heavy (non-hydrogen) atoms. The molecule has 0 spiro atoms. The van der Waals surface area contributed by atoms with Gasteiger partial charge in [0.25, 0.3) is 36.3 Å². The van der Waals surface area contributed by atoms with Crippen molar-refractivity contribution in [2.75, 3.05) is 7.11 Å². The number of amides is 1. The molecule has 288 valence electrons. The van der Waals surface area contributed by atoms with Gasteiger partial charge < -0.3 is 20.7 Å². The molecule has 0 saturated heterocycles. The fourth-order valence-corrected chi connectivity index (χ4v) is 6.76. The molecular formula is C31H27N7O14S3. The number of aromatic hydroxyl groups is 2. The van der Waals surface area contributed by atoms with Gasteiger partial charge in [-0.25, -0.2) is 0 Å². The number of rotatable bonds is 13. The molecule has 0 unspecified atom stereocenters. The van der Waals surface area contributed by atoms with Crippen molar-refractivity contribution in [1.82, 2.24) is 0 Å². The first-order chi connectivity index (χ1) is 25.5. The fourth-order valence-electron chi connectivity index (χ4n) is 4.81. The van der Waals surface area contributed by atoms with E-state index in [0.717, 1.165) is 19.1 Å². The summed E-state index contributed by atoms with van der Waals surface area (Å²) >= 11 is 0. The smallest absolute Gasteiger partial charge is 0.296 e. The molecule has 0 aliphatic heterocycles. The van der Waals surface area contributed by atoms with Gasteiger partial charge in [-0.05, 0) is 55.8 Å². The Hall–Kier alpha value is -6.31. The minimum absolute atomic E-state index is 0.119. The number of para-hydroxylation sites is 1. The first kappa shape index (κ1) is 41.4. The highest BCUT2D eigenvalue weighted by atomic mass is 32.2. The van der Waals surface area contributed by atoms with Gasteiger partial charge in [-0.1, -0.05) is 18.7 Å². The highest BCUT2D eigenvalue weighted by Gasteiger charge is 2.28. The monoisotopic (exact) mass is 817 g/mol. The molecule has 0 radical (unpaired) electrons. The van der Waals surface area contributed by atoms with Gasteiger partial charge in [0.15, 0.2) is 11.5 Å². The van der Waals surface area contributed by atoms with Gasteiger partial charge in [-0.3, -0.25) is 23.2 Å². The Morgan fingerprint density at radius 2 is 1.29 bits per heavy atom. The lowest BCUT2D eigenvalue weighted by molar-refractivity contribution is -0.119. The number of benzene rings is 4. The SMILES string of the molecule is C=C(N=Nc1ccc(S(=O)(=O)O)c2cc(S(=O)(=O)O)c(N=Nc3cc(S(=O)(=O)O)c(N=Nc4ccccc4OC)cc3O)c(O)c12)/C(C)=C(\C(C)=O)C(N)=O. The summed E-state index contributed by atoms with van der Waals surface area (Å²) in [7, 11) is -14.5. The zero-order valence-corrected chi connectivity index (χ0v) is 30.7. The number of hydrogen-bond acceptors (Lipinski definition) is 17. The molecule has 0 aliphatic rings. The van der Waals surface area contributed by atoms with Crippen molar-refractivity contribution < 1.29 is 63.5 Å². The van der Waals surface area contributed by atoms with E-state index in [2.05, 4.69) is 37.3 Å². The zero-order valence-electron chi connectivity index (χ0n) is 28.3. The lowest BCUT2D eigenvalue weighted by atomic mass is 10.0. The van der Waals surface area contributed by atoms with Crippen molar-refractivity contribution in [2.45, 2.75) is 28.5 Å². The zero-order chi connectivity index (χ0) is 41.2. The highest BCUT2D eigenvalue weighted by Crippen LogP contribution is 2.48. The van der Waals surface area contributed by atoms with Crippen molar-refractivity contribution in [3.05, 3.63) is 78.0 Å². The van der Waals surface area contributed by atoms with Crippen LogP contribution in [0.5, 0.6) is 17.2 Å². The minimum atomic E-state index is -5.45. The number of azo groups is 3. The molecular weight excluding hydrogens is 791 g/mol. The topological polar surface area (TPSA) is 347 Å². The summed E-state index contributed by atoms with van der Waals surface area (Å²) in [6.45, 7) is 5.89. The first-order valence-electron chi connectivity index (χ1n) is 14.7. The van der Waals surface area contributed by atoms with E-state index in [-0.39, 0.29) is 22.7 Å². The second-order valence-corrected chi connectivity index (χ2v) is 15.1. The van der Waals surface area contributed by atoms with Crippen molar-refractivity contribution in [3.63, 3.8) is 0 Å². The normalized spacial score (nSPS) is 13.1. The number of hydrogen-bond donors (Lipinski definition) is 6. The Morgan fingerprint density at radius 3 is 1.85 bits per heavy atom. The van der Waals surface area contributed by atoms with E-state index in [9.17, 15) is 58.7 Å². The van der Waals surface area contributed by atoms with Crippen LogP contribution in [0, 0.1) is 0 Å². The third-order valence-electron chi connectivity index (χ3n) is 7.34. The van der Waals surface area contributed by atoms with Crippen molar-refractivity contribution in [1.29, 1.82) is 0 Å². The molecule has 0 aliphatic carbocycles. The number of ketones is 1.